The number of alkyl halides is 6. The lowest BCUT2D eigenvalue weighted by atomic mass is 10.3. The van der Waals surface area contributed by atoms with Crippen LogP contribution in [-0.2, 0) is 6.18 Å². The van der Waals surface area contributed by atoms with Crippen LogP contribution in [0, 0.1) is 0 Å². The Balaban J connectivity index is 2.31. The zero-order valence-corrected chi connectivity index (χ0v) is 15.1. The van der Waals surface area contributed by atoms with Gasteiger partial charge in [0.05, 0.1) is 6.10 Å². The molecule has 0 aliphatic carbocycles. The molecule has 0 amide bonds. The van der Waals surface area contributed by atoms with Crippen LogP contribution in [0.15, 0.2) is 30.5 Å². The number of halogens is 6. The van der Waals surface area contributed by atoms with Gasteiger partial charge in [0.1, 0.15) is 11.3 Å². The van der Waals surface area contributed by atoms with Gasteiger partial charge in [-0.1, -0.05) is 0 Å². The van der Waals surface area contributed by atoms with E-state index < -0.39 is 30.4 Å². The van der Waals surface area contributed by atoms with Gasteiger partial charge in [0.2, 0.25) is 11.8 Å². The van der Waals surface area contributed by atoms with E-state index in [1.165, 1.54) is 11.9 Å². The molecule has 154 valence electrons. The SMILES string of the molecule is CC(C)Oc1ccc(N(C)c2ncc(C(F)(F)F)c(OCC(F)(F)F)n2)cc1. The first kappa shape index (κ1) is 21.6. The minimum atomic E-state index is -4.96. The fraction of sp³-hybridized carbons (Fsp3) is 0.412. The van der Waals surface area contributed by atoms with Gasteiger partial charge in [0, 0.05) is 18.9 Å². The Labute approximate surface area is 156 Å². The van der Waals surface area contributed by atoms with Crippen molar-refractivity contribution in [2.45, 2.75) is 32.3 Å². The topological polar surface area (TPSA) is 47.5 Å². The number of hydrogen-bond donors (Lipinski definition) is 0. The normalized spacial score (nSPS) is 12.2. The summed E-state index contributed by atoms with van der Waals surface area (Å²) in [7, 11) is 1.45. The smallest absolute Gasteiger partial charge is 0.423 e. The van der Waals surface area contributed by atoms with Gasteiger partial charge in [0.25, 0.3) is 0 Å². The van der Waals surface area contributed by atoms with Crippen molar-refractivity contribution in [1.82, 2.24) is 9.97 Å². The third-order valence-corrected chi connectivity index (χ3v) is 3.31. The van der Waals surface area contributed by atoms with E-state index in [0.717, 1.165) is 0 Å². The number of ether oxygens (including phenoxy) is 2. The Morgan fingerprint density at radius 2 is 1.64 bits per heavy atom. The number of nitrogens with zero attached hydrogens (tertiary/aromatic N) is 3. The van der Waals surface area contributed by atoms with E-state index in [2.05, 4.69) is 14.7 Å². The van der Waals surface area contributed by atoms with Crippen molar-refractivity contribution < 1.29 is 35.8 Å². The molecule has 0 aliphatic heterocycles. The zero-order chi connectivity index (χ0) is 21.1. The van der Waals surface area contributed by atoms with E-state index in [4.69, 9.17) is 4.74 Å². The van der Waals surface area contributed by atoms with Gasteiger partial charge in [-0.05, 0) is 38.1 Å². The van der Waals surface area contributed by atoms with E-state index in [1.54, 1.807) is 24.3 Å². The predicted octanol–water partition coefficient (Wildman–Crippen LogP) is 4.99. The van der Waals surface area contributed by atoms with Gasteiger partial charge >= 0.3 is 12.4 Å². The third kappa shape index (κ3) is 5.89. The zero-order valence-electron chi connectivity index (χ0n) is 15.1. The van der Waals surface area contributed by atoms with Gasteiger partial charge < -0.3 is 14.4 Å². The minimum absolute atomic E-state index is 0.0461. The third-order valence-electron chi connectivity index (χ3n) is 3.31. The van der Waals surface area contributed by atoms with Crippen molar-refractivity contribution in [2.24, 2.45) is 0 Å². The van der Waals surface area contributed by atoms with Crippen LogP contribution < -0.4 is 14.4 Å². The van der Waals surface area contributed by atoms with Crippen LogP contribution in [0.2, 0.25) is 0 Å². The molecule has 0 atom stereocenters. The molecule has 1 aromatic heterocycles. The molecule has 0 saturated carbocycles. The molecule has 28 heavy (non-hydrogen) atoms. The van der Waals surface area contributed by atoms with Gasteiger partial charge in [-0.15, -0.1) is 0 Å². The Morgan fingerprint density at radius 3 is 2.14 bits per heavy atom. The lowest BCUT2D eigenvalue weighted by Gasteiger charge is -2.20. The van der Waals surface area contributed by atoms with Crippen molar-refractivity contribution in [3.8, 4) is 11.6 Å². The van der Waals surface area contributed by atoms with Crippen molar-refractivity contribution in [1.29, 1.82) is 0 Å². The van der Waals surface area contributed by atoms with Crippen LogP contribution in [0.4, 0.5) is 38.0 Å². The Kier molecular flexibility index (Phi) is 6.25. The summed E-state index contributed by atoms with van der Waals surface area (Å²) in [4.78, 5) is 8.44. The fourth-order valence-corrected chi connectivity index (χ4v) is 2.11. The Hall–Kier alpha value is -2.72. The first-order valence-corrected chi connectivity index (χ1v) is 8.01. The highest BCUT2D eigenvalue weighted by Crippen LogP contribution is 2.36. The van der Waals surface area contributed by atoms with Gasteiger partial charge in [-0.25, -0.2) is 4.98 Å². The largest absolute Gasteiger partial charge is 0.491 e. The predicted molar refractivity (Wildman–Crippen MR) is 88.9 cm³/mol. The molecule has 0 saturated heterocycles. The number of aromatic nitrogens is 2. The van der Waals surface area contributed by atoms with E-state index in [-0.39, 0.29) is 12.1 Å². The van der Waals surface area contributed by atoms with Crippen LogP contribution in [0.5, 0.6) is 11.6 Å². The molecule has 1 aromatic carbocycles. The molecule has 1 heterocycles. The summed E-state index contributed by atoms with van der Waals surface area (Å²) in [5.74, 6) is -0.876. The van der Waals surface area contributed by atoms with E-state index >= 15 is 0 Å². The van der Waals surface area contributed by atoms with Crippen LogP contribution in [0.3, 0.4) is 0 Å². The standard InChI is InChI=1S/C17H17F6N3O2/c1-10(2)28-12-6-4-11(5-7-12)26(3)15-24-8-13(17(21,22)23)14(25-15)27-9-16(18,19)20/h4-8,10H,9H2,1-3H3. The Bertz CT molecular complexity index is 791. The molecule has 2 rings (SSSR count). The Morgan fingerprint density at radius 1 is 1.04 bits per heavy atom. The quantitative estimate of drug-likeness (QED) is 0.629. The summed E-state index contributed by atoms with van der Waals surface area (Å²) in [5.41, 5.74) is -1.01. The highest BCUT2D eigenvalue weighted by Gasteiger charge is 2.38. The van der Waals surface area contributed by atoms with Crippen molar-refractivity contribution in [2.75, 3.05) is 18.6 Å². The van der Waals surface area contributed by atoms with Crippen LogP contribution >= 0.6 is 0 Å². The summed E-state index contributed by atoms with van der Waals surface area (Å²) in [6, 6.07) is 6.48. The molecule has 11 heteroatoms. The maximum absolute atomic E-state index is 13.0. The lowest BCUT2D eigenvalue weighted by Crippen LogP contribution is -2.23. The first-order chi connectivity index (χ1) is 12.9. The number of hydrogen-bond acceptors (Lipinski definition) is 5. The molecule has 0 spiro atoms. The van der Waals surface area contributed by atoms with Crippen molar-refractivity contribution in [3.05, 3.63) is 36.0 Å². The monoisotopic (exact) mass is 409 g/mol. The molecule has 0 N–H and O–H groups in total. The second-order valence-corrected chi connectivity index (χ2v) is 6.01. The van der Waals surface area contributed by atoms with Gasteiger partial charge in [0.15, 0.2) is 6.61 Å². The molecular formula is C17H17F6N3O2. The first-order valence-electron chi connectivity index (χ1n) is 8.01. The molecule has 0 unspecified atom stereocenters. The lowest BCUT2D eigenvalue weighted by molar-refractivity contribution is -0.159. The second kappa shape index (κ2) is 8.11. The van der Waals surface area contributed by atoms with Crippen LogP contribution in [-0.4, -0.2) is 35.9 Å². The van der Waals surface area contributed by atoms with E-state index in [0.29, 0.717) is 17.6 Å². The maximum atomic E-state index is 13.0. The molecule has 0 radical (unpaired) electrons. The highest BCUT2D eigenvalue weighted by atomic mass is 19.4. The number of benzene rings is 1. The van der Waals surface area contributed by atoms with Gasteiger partial charge in [-0.2, -0.15) is 31.3 Å². The second-order valence-electron chi connectivity index (χ2n) is 6.01. The highest BCUT2D eigenvalue weighted by molar-refractivity contribution is 5.58. The van der Waals surface area contributed by atoms with Crippen molar-refractivity contribution in [3.63, 3.8) is 0 Å². The molecule has 2 aromatic rings. The minimum Gasteiger partial charge on any atom is -0.491 e. The molecule has 5 nitrogen and oxygen atoms in total. The average Bonchev–Trinajstić information content (AvgIpc) is 2.58. The summed E-state index contributed by atoms with van der Waals surface area (Å²) >= 11 is 0. The van der Waals surface area contributed by atoms with Crippen molar-refractivity contribution >= 4 is 11.6 Å². The summed E-state index contributed by atoms with van der Waals surface area (Å²) in [5, 5.41) is 0. The van der Waals surface area contributed by atoms with Crippen LogP contribution in [0.1, 0.15) is 19.4 Å². The molecule has 0 bridgehead atoms. The summed E-state index contributed by atoms with van der Waals surface area (Å²) < 4.78 is 85.8. The molecule has 0 aliphatic rings. The van der Waals surface area contributed by atoms with E-state index in [9.17, 15) is 26.3 Å². The number of rotatable bonds is 6. The number of anilines is 2. The molecule has 0 fully saturated rings. The van der Waals surface area contributed by atoms with E-state index in [1.807, 2.05) is 13.8 Å². The van der Waals surface area contributed by atoms with Gasteiger partial charge in [-0.3, -0.25) is 0 Å². The maximum Gasteiger partial charge on any atom is 0.423 e. The summed E-state index contributed by atoms with van der Waals surface area (Å²) in [6.45, 7) is 1.79. The van der Waals surface area contributed by atoms with Crippen LogP contribution in [0.25, 0.3) is 0 Å². The summed E-state index contributed by atoms with van der Waals surface area (Å²) in [6.07, 6.45) is -9.43. The fourth-order valence-electron chi connectivity index (χ4n) is 2.11. The molecular weight excluding hydrogens is 392 g/mol. The average molecular weight is 409 g/mol.